The zero-order valence-electron chi connectivity index (χ0n) is 15.6. The van der Waals surface area contributed by atoms with E-state index in [2.05, 4.69) is 5.32 Å². The molecule has 9 nitrogen and oxygen atoms in total. The molecular formula is C18H21NO8S. The van der Waals surface area contributed by atoms with Crippen molar-refractivity contribution in [1.29, 1.82) is 0 Å². The van der Waals surface area contributed by atoms with Crippen LogP contribution >= 0.6 is 12.2 Å². The second-order valence-corrected chi connectivity index (χ2v) is 6.27. The predicted molar refractivity (Wildman–Crippen MR) is 99.2 cm³/mol. The van der Waals surface area contributed by atoms with Crippen LogP contribution in [0.5, 0.6) is 5.75 Å². The summed E-state index contributed by atoms with van der Waals surface area (Å²) >= 11 is 5.16. The number of hydrogen-bond donors (Lipinski definition) is 1. The molecule has 0 aromatic heterocycles. The smallest absolute Gasteiger partial charge is 0.303 e. The molecule has 1 saturated heterocycles. The molecule has 0 radical (unpaired) electrons. The van der Waals surface area contributed by atoms with Gasteiger partial charge in [-0.2, -0.15) is 0 Å². The van der Waals surface area contributed by atoms with Crippen molar-refractivity contribution < 1.29 is 38.1 Å². The van der Waals surface area contributed by atoms with Crippen LogP contribution in [0.15, 0.2) is 30.3 Å². The third kappa shape index (κ3) is 6.46. The van der Waals surface area contributed by atoms with Crippen LogP contribution in [0.2, 0.25) is 0 Å². The van der Waals surface area contributed by atoms with Gasteiger partial charge in [-0.05, 0) is 24.4 Å². The number of esters is 3. The summed E-state index contributed by atoms with van der Waals surface area (Å²) in [5.41, 5.74) is 0. The van der Waals surface area contributed by atoms with Crippen LogP contribution in [-0.4, -0.2) is 54.2 Å². The molecule has 1 aliphatic rings. The van der Waals surface area contributed by atoms with E-state index in [1.54, 1.807) is 24.3 Å². The van der Waals surface area contributed by atoms with Crippen molar-refractivity contribution in [3.05, 3.63) is 30.3 Å². The van der Waals surface area contributed by atoms with E-state index >= 15 is 0 Å². The molecule has 2 rings (SSSR count). The summed E-state index contributed by atoms with van der Waals surface area (Å²) in [4.78, 5) is 34.5. The van der Waals surface area contributed by atoms with Gasteiger partial charge in [0.2, 0.25) is 0 Å². The lowest BCUT2D eigenvalue weighted by atomic mass is 10.0. The van der Waals surface area contributed by atoms with Crippen LogP contribution in [0.3, 0.4) is 0 Å². The lowest BCUT2D eigenvalue weighted by Gasteiger charge is -2.40. The van der Waals surface area contributed by atoms with Gasteiger partial charge in [0.05, 0.1) is 6.61 Å². The number of para-hydroxylation sites is 1. The average molecular weight is 411 g/mol. The Morgan fingerprint density at radius 1 is 0.964 bits per heavy atom. The Hall–Kier alpha value is -2.72. The van der Waals surface area contributed by atoms with Gasteiger partial charge in [-0.25, -0.2) is 0 Å². The average Bonchev–Trinajstić information content (AvgIpc) is 2.59. The first-order chi connectivity index (χ1) is 13.3. The molecule has 1 heterocycles. The first-order valence-corrected chi connectivity index (χ1v) is 8.83. The summed E-state index contributed by atoms with van der Waals surface area (Å²) in [6.45, 7) is 3.48. The minimum absolute atomic E-state index is 0.0409. The van der Waals surface area contributed by atoms with Crippen LogP contribution < -0.4 is 10.1 Å². The van der Waals surface area contributed by atoms with Crippen molar-refractivity contribution in [3.63, 3.8) is 0 Å². The van der Waals surface area contributed by atoms with E-state index in [1.165, 1.54) is 20.8 Å². The summed E-state index contributed by atoms with van der Waals surface area (Å²) in [5, 5.41) is 2.74. The van der Waals surface area contributed by atoms with Crippen LogP contribution in [0.4, 0.5) is 0 Å². The van der Waals surface area contributed by atoms with Gasteiger partial charge in [0.25, 0.3) is 5.17 Å². The van der Waals surface area contributed by atoms with E-state index in [9.17, 15) is 14.4 Å². The Morgan fingerprint density at radius 3 is 2.11 bits per heavy atom. The Kier molecular flexibility index (Phi) is 7.70. The molecule has 1 fully saturated rings. The highest BCUT2D eigenvalue weighted by atomic mass is 32.1. The van der Waals surface area contributed by atoms with E-state index < -0.39 is 42.4 Å². The fourth-order valence-electron chi connectivity index (χ4n) is 2.61. The third-order valence-electron chi connectivity index (χ3n) is 3.56. The number of hydrogen-bond acceptors (Lipinski definition) is 9. The molecule has 10 heteroatoms. The zero-order valence-corrected chi connectivity index (χ0v) is 16.4. The molecule has 1 aromatic carbocycles. The van der Waals surface area contributed by atoms with E-state index in [1.807, 2.05) is 6.07 Å². The van der Waals surface area contributed by atoms with Crippen molar-refractivity contribution in [2.45, 2.75) is 45.3 Å². The zero-order chi connectivity index (χ0) is 20.7. The summed E-state index contributed by atoms with van der Waals surface area (Å²) in [6, 6.07) is 8.78. The summed E-state index contributed by atoms with van der Waals surface area (Å²) in [7, 11) is 0. The Balaban J connectivity index is 2.16. The van der Waals surface area contributed by atoms with Gasteiger partial charge < -0.3 is 29.0 Å². The van der Waals surface area contributed by atoms with Gasteiger partial charge in [0.15, 0.2) is 24.5 Å². The maximum absolute atomic E-state index is 11.6. The molecule has 0 bridgehead atoms. The standard InChI is InChI=1S/C18H21NO8S/c1-10(20)24-14-9-23-17(16(26-12(3)22)15(14)25-11(2)21)19-18(28)27-13-7-5-4-6-8-13/h4-8,14-17H,9H2,1-3H3,(H,19,28)/t14-,15-,16-,17-/m1/s1. The monoisotopic (exact) mass is 411 g/mol. The Bertz CT molecular complexity index is 726. The highest BCUT2D eigenvalue weighted by molar-refractivity contribution is 7.80. The number of thiocarbonyl (C=S) groups is 1. The highest BCUT2D eigenvalue weighted by Gasteiger charge is 2.47. The summed E-state index contributed by atoms with van der Waals surface area (Å²) in [6.07, 6.45) is -4.16. The molecule has 0 amide bonds. The molecule has 0 saturated carbocycles. The minimum Gasteiger partial charge on any atom is -0.456 e. The Labute approximate surface area is 167 Å². The molecular weight excluding hydrogens is 390 g/mol. The van der Waals surface area contributed by atoms with E-state index in [4.69, 9.17) is 35.9 Å². The Morgan fingerprint density at radius 2 is 1.54 bits per heavy atom. The van der Waals surface area contributed by atoms with Gasteiger partial charge >= 0.3 is 17.9 Å². The lowest BCUT2D eigenvalue weighted by molar-refractivity contribution is -0.228. The van der Waals surface area contributed by atoms with Crippen LogP contribution in [0.25, 0.3) is 0 Å². The second-order valence-electron chi connectivity index (χ2n) is 5.90. The molecule has 1 N–H and O–H groups in total. The van der Waals surface area contributed by atoms with E-state index in [-0.39, 0.29) is 11.8 Å². The molecule has 28 heavy (non-hydrogen) atoms. The van der Waals surface area contributed by atoms with Gasteiger partial charge in [-0.1, -0.05) is 18.2 Å². The topological polar surface area (TPSA) is 109 Å². The molecule has 4 atom stereocenters. The first-order valence-electron chi connectivity index (χ1n) is 8.43. The number of ether oxygens (including phenoxy) is 5. The van der Waals surface area contributed by atoms with Crippen LogP contribution in [-0.2, 0) is 33.3 Å². The summed E-state index contributed by atoms with van der Waals surface area (Å²) in [5.74, 6) is -1.38. The number of carbonyl (C=O) groups excluding carboxylic acids is 3. The molecule has 0 aliphatic carbocycles. The number of rotatable bonds is 5. The fraction of sp³-hybridized carbons (Fsp3) is 0.444. The van der Waals surface area contributed by atoms with Crippen LogP contribution in [0.1, 0.15) is 20.8 Å². The normalized spacial score (nSPS) is 23.8. The van der Waals surface area contributed by atoms with Crippen molar-refractivity contribution in [3.8, 4) is 5.75 Å². The van der Waals surface area contributed by atoms with Crippen molar-refractivity contribution in [2.24, 2.45) is 0 Å². The quantitative estimate of drug-likeness (QED) is 0.429. The van der Waals surface area contributed by atoms with Crippen molar-refractivity contribution >= 4 is 35.3 Å². The van der Waals surface area contributed by atoms with Crippen molar-refractivity contribution in [2.75, 3.05) is 6.61 Å². The van der Waals surface area contributed by atoms with Gasteiger partial charge in [0.1, 0.15) is 5.75 Å². The van der Waals surface area contributed by atoms with Crippen LogP contribution in [0, 0.1) is 0 Å². The van der Waals surface area contributed by atoms with Gasteiger partial charge in [-0.3, -0.25) is 14.4 Å². The number of nitrogens with one attached hydrogen (secondary N) is 1. The molecule has 0 spiro atoms. The first kappa shape index (κ1) is 21.6. The molecule has 1 aromatic rings. The summed E-state index contributed by atoms with van der Waals surface area (Å²) < 4.78 is 26.7. The van der Waals surface area contributed by atoms with Gasteiger partial charge in [-0.15, -0.1) is 0 Å². The maximum atomic E-state index is 11.6. The number of benzene rings is 1. The molecule has 152 valence electrons. The maximum Gasteiger partial charge on any atom is 0.303 e. The minimum atomic E-state index is -1.13. The molecule has 0 unspecified atom stereocenters. The van der Waals surface area contributed by atoms with Gasteiger partial charge in [0, 0.05) is 20.8 Å². The lowest BCUT2D eigenvalue weighted by Crippen LogP contribution is -2.62. The third-order valence-corrected chi connectivity index (χ3v) is 3.77. The SMILES string of the molecule is CC(=O)O[C@@H]1[C@H](OC(C)=O)[C@H](OC(C)=O)CO[C@H]1NC(=S)Oc1ccccc1. The highest BCUT2D eigenvalue weighted by Crippen LogP contribution is 2.23. The largest absolute Gasteiger partial charge is 0.456 e. The number of carbonyl (C=O) groups is 3. The second kappa shape index (κ2) is 10.00. The molecule has 1 aliphatic heterocycles. The van der Waals surface area contributed by atoms with Crippen molar-refractivity contribution in [1.82, 2.24) is 5.32 Å². The predicted octanol–water partition coefficient (Wildman–Crippen LogP) is 1.09. The van der Waals surface area contributed by atoms with E-state index in [0.717, 1.165) is 0 Å². The van der Waals surface area contributed by atoms with E-state index in [0.29, 0.717) is 5.75 Å². The fourth-order valence-corrected chi connectivity index (χ4v) is 2.82.